The smallest absolute Gasteiger partial charge is 0.333 e. The Morgan fingerprint density at radius 3 is 2.37 bits per heavy atom. The molecule has 8 nitrogen and oxygen atoms in total. The summed E-state index contributed by atoms with van der Waals surface area (Å²) in [6, 6.07) is 10.7. The number of nitrogen functional groups attached to an aromatic ring is 1. The normalized spacial score (nSPS) is 14.9. The van der Waals surface area contributed by atoms with E-state index in [0.29, 0.717) is 29.0 Å². The van der Waals surface area contributed by atoms with Gasteiger partial charge in [0.1, 0.15) is 11.6 Å². The van der Waals surface area contributed by atoms with Gasteiger partial charge in [-0.3, -0.25) is 10.2 Å². The van der Waals surface area contributed by atoms with Crippen LogP contribution in [0.25, 0.3) is 0 Å². The Morgan fingerprint density at radius 2 is 1.83 bits per heavy atom. The Balaban J connectivity index is 2.04. The van der Waals surface area contributed by atoms with Crippen LogP contribution >= 0.6 is 0 Å². The number of likely N-dealkylation sites (tertiary alicyclic amines) is 1. The number of amides is 1. The Bertz CT molecular complexity index is 1080. The average Bonchev–Trinajstić information content (AvgIpc) is 3.38. The molecule has 8 heteroatoms. The minimum absolute atomic E-state index is 0.0595. The van der Waals surface area contributed by atoms with Gasteiger partial charge in [0, 0.05) is 29.9 Å². The molecule has 1 unspecified atom stereocenters. The Kier molecular flexibility index (Phi) is 8.38. The van der Waals surface area contributed by atoms with Crippen molar-refractivity contribution < 1.29 is 19.4 Å². The minimum Gasteiger partial charge on any atom is -0.483 e. The van der Waals surface area contributed by atoms with Crippen molar-refractivity contribution in [1.29, 1.82) is 5.41 Å². The maximum atomic E-state index is 12.7. The summed E-state index contributed by atoms with van der Waals surface area (Å²) < 4.78 is 6.14. The number of hydrogen-bond donors (Lipinski definition) is 4. The van der Waals surface area contributed by atoms with E-state index in [-0.39, 0.29) is 18.3 Å². The van der Waals surface area contributed by atoms with E-state index < -0.39 is 11.5 Å². The topological polar surface area (TPSA) is 129 Å². The molecule has 0 bridgehead atoms. The number of hydrogen-bond acceptors (Lipinski definition) is 5. The summed E-state index contributed by atoms with van der Waals surface area (Å²) in [7, 11) is 0. The number of aliphatic carboxylic acids is 1. The molecule has 0 radical (unpaired) electrons. The zero-order valence-corrected chi connectivity index (χ0v) is 20.8. The second-order valence-corrected chi connectivity index (χ2v) is 9.16. The molecular formula is C27H36N4O4. The van der Waals surface area contributed by atoms with Gasteiger partial charge in [0.05, 0.1) is 0 Å². The highest BCUT2D eigenvalue weighted by Gasteiger charge is 2.39. The molecule has 1 aliphatic rings. The van der Waals surface area contributed by atoms with Crippen molar-refractivity contribution in [3.63, 3.8) is 0 Å². The number of aryl methyl sites for hydroxylation is 2. The monoisotopic (exact) mass is 480 g/mol. The average molecular weight is 481 g/mol. The Labute approximate surface area is 207 Å². The van der Waals surface area contributed by atoms with Crippen molar-refractivity contribution >= 4 is 23.4 Å². The molecule has 5 N–H and O–H groups in total. The second-order valence-electron chi connectivity index (χ2n) is 9.16. The Morgan fingerprint density at radius 1 is 1.17 bits per heavy atom. The van der Waals surface area contributed by atoms with Crippen molar-refractivity contribution in [2.24, 2.45) is 5.73 Å². The molecule has 1 saturated heterocycles. The number of carbonyl (C=O) groups is 2. The van der Waals surface area contributed by atoms with Crippen molar-refractivity contribution in [3.05, 3.63) is 58.7 Å². The van der Waals surface area contributed by atoms with Crippen molar-refractivity contribution in [3.8, 4) is 5.75 Å². The molecular weight excluding hydrogens is 444 g/mol. The number of nitrogens with two attached hydrogens (primary N) is 1. The molecule has 2 aromatic carbocycles. The van der Waals surface area contributed by atoms with Crippen molar-refractivity contribution in [1.82, 2.24) is 4.90 Å². The van der Waals surface area contributed by atoms with Crippen LogP contribution < -0.4 is 15.8 Å². The fourth-order valence-corrected chi connectivity index (χ4v) is 4.41. The highest BCUT2D eigenvalue weighted by atomic mass is 16.5. The molecule has 0 aromatic heterocycles. The van der Waals surface area contributed by atoms with E-state index in [2.05, 4.69) is 12.2 Å². The maximum Gasteiger partial charge on any atom is 0.333 e. The van der Waals surface area contributed by atoms with Gasteiger partial charge in [0.2, 0.25) is 0 Å². The minimum atomic E-state index is -1.53. The fraction of sp³-hybridized carbons (Fsp3) is 0.444. The number of benzene rings is 2. The number of nitrogens with one attached hydrogen (secondary N) is 2. The lowest BCUT2D eigenvalue weighted by molar-refractivity contribution is -0.142. The summed E-state index contributed by atoms with van der Waals surface area (Å²) in [5, 5.41) is 21.1. The third-order valence-corrected chi connectivity index (χ3v) is 6.51. The molecule has 2 aromatic rings. The van der Waals surface area contributed by atoms with E-state index in [1.54, 1.807) is 36.1 Å². The number of ether oxygens (including phenoxy) is 1. The third kappa shape index (κ3) is 5.93. The molecule has 1 amide bonds. The van der Waals surface area contributed by atoms with E-state index in [0.717, 1.165) is 49.9 Å². The first-order chi connectivity index (χ1) is 16.7. The highest BCUT2D eigenvalue weighted by molar-refractivity contribution is 5.95. The van der Waals surface area contributed by atoms with E-state index >= 15 is 0 Å². The number of nitrogens with zero attached hydrogens (tertiary/aromatic N) is 1. The fourth-order valence-electron chi connectivity index (χ4n) is 4.41. The molecule has 0 aliphatic carbocycles. The Hall–Kier alpha value is -3.55. The van der Waals surface area contributed by atoms with Crippen LogP contribution in [0.1, 0.15) is 62.3 Å². The molecule has 35 heavy (non-hydrogen) atoms. The highest BCUT2D eigenvalue weighted by Crippen LogP contribution is 2.38. The van der Waals surface area contributed by atoms with Crippen LogP contribution in [0.3, 0.4) is 0 Å². The molecule has 1 heterocycles. The zero-order valence-electron chi connectivity index (χ0n) is 20.8. The predicted molar refractivity (Wildman–Crippen MR) is 137 cm³/mol. The standard InChI is InChI=1S/C27H36N4O4/c1-4-8-20-15-18(5-2)16-22(24(20)35-17-23(32)31-13-6-7-14-31)27(3,26(33)34)30-21-11-9-19(10-12-21)25(28)29/h9-12,15-16,30H,4-8,13-14,17H2,1-3H3,(H3,28,29)(H,33,34). The van der Waals surface area contributed by atoms with Gasteiger partial charge in [-0.2, -0.15) is 0 Å². The van der Waals surface area contributed by atoms with Crippen LogP contribution in [0.4, 0.5) is 5.69 Å². The van der Waals surface area contributed by atoms with Crippen LogP contribution in [0.5, 0.6) is 5.75 Å². The third-order valence-electron chi connectivity index (χ3n) is 6.51. The summed E-state index contributed by atoms with van der Waals surface area (Å²) in [4.78, 5) is 27.2. The number of amidine groups is 1. The first-order valence-electron chi connectivity index (χ1n) is 12.2. The molecule has 0 saturated carbocycles. The summed E-state index contributed by atoms with van der Waals surface area (Å²) in [5.41, 5.74) is 7.53. The predicted octanol–water partition coefficient (Wildman–Crippen LogP) is 3.90. The van der Waals surface area contributed by atoms with Crippen molar-refractivity contribution in [2.45, 2.75) is 58.4 Å². The second kappa shape index (κ2) is 11.3. The van der Waals surface area contributed by atoms with Crippen LogP contribution in [-0.2, 0) is 28.0 Å². The lowest BCUT2D eigenvalue weighted by Gasteiger charge is -2.31. The van der Waals surface area contributed by atoms with Crippen LogP contribution in [0.2, 0.25) is 0 Å². The van der Waals surface area contributed by atoms with Gasteiger partial charge in [-0.25, -0.2) is 4.79 Å². The van der Waals surface area contributed by atoms with Crippen LogP contribution in [0.15, 0.2) is 36.4 Å². The molecule has 1 aliphatic heterocycles. The lowest BCUT2D eigenvalue weighted by atomic mass is 9.86. The van der Waals surface area contributed by atoms with Crippen LogP contribution in [-0.4, -0.2) is 47.4 Å². The molecule has 1 atom stereocenters. The van der Waals surface area contributed by atoms with Gasteiger partial charge in [-0.05, 0) is 74.1 Å². The summed E-state index contributed by atoms with van der Waals surface area (Å²) in [6.07, 6.45) is 4.28. The summed E-state index contributed by atoms with van der Waals surface area (Å²) in [6.45, 7) is 7.03. The van der Waals surface area contributed by atoms with Gasteiger partial charge in [-0.15, -0.1) is 0 Å². The van der Waals surface area contributed by atoms with E-state index in [1.807, 2.05) is 19.1 Å². The quantitative estimate of drug-likeness (QED) is 0.285. The lowest BCUT2D eigenvalue weighted by Crippen LogP contribution is -2.41. The van der Waals surface area contributed by atoms with Gasteiger partial charge < -0.3 is 25.8 Å². The van der Waals surface area contributed by atoms with Gasteiger partial charge in [0.25, 0.3) is 5.91 Å². The number of carboxylic acid groups (broad SMARTS) is 1. The molecule has 188 valence electrons. The van der Waals surface area contributed by atoms with E-state index in [1.165, 1.54) is 0 Å². The zero-order chi connectivity index (χ0) is 25.6. The summed E-state index contributed by atoms with van der Waals surface area (Å²) in [5.74, 6) is -0.759. The van der Waals surface area contributed by atoms with E-state index in [9.17, 15) is 14.7 Å². The van der Waals surface area contributed by atoms with Gasteiger partial charge >= 0.3 is 5.97 Å². The number of rotatable bonds is 11. The van der Waals surface area contributed by atoms with E-state index in [4.69, 9.17) is 15.9 Å². The van der Waals surface area contributed by atoms with Crippen LogP contribution in [0, 0.1) is 5.41 Å². The molecule has 1 fully saturated rings. The van der Waals surface area contributed by atoms with Gasteiger partial charge in [-0.1, -0.05) is 26.3 Å². The van der Waals surface area contributed by atoms with Crippen molar-refractivity contribution in [2.75, 3.05) is 25.0 Å². The SMILES string of the molecule is CCCc1cc(CC)cc(C(C)(Nc2ccc(C(=N)N)cc2)C(=O)O)c1OCC(=O)N1CCCC1. The largest absolute Gasteiger partial charge is 0.483 e. The number of carboxylic acids is 1. The maximum absolute atomic E-state index is 12.7. The molecule has 0 spiro atoms. The molecule has 3 rings (SSSR count). The number of anilines is 1. The first-order valence-corrected chi connectivity index (χ1v) is 12.2. The summed E-state index contributed by atoms with van der Waals surface area (Å²) >= 11 is 0. The first kappa shape index (κ1) is 26.1. The van der Waals surface area contributed by atoms with Gasteiger partial charge in [0.15, 0.2) is 12.1 Å². The number of carbonyl (C=O) groups excluding carboxylic acids is 1.